The zero-order chi connectivity index (χ0) is 16.3. The van der Waals surface area contributed by atoms with Gasteiger partial charge in [-0.15, -0.1) is 0 Å². The van der Waals surface area contributed by atoms with Crippen LogP contribution in [0, 0.1) is 13.8 Å². The van der Waals surface area contributed by atoms with Crippen molar-refractivity contribution in [1.29, 1.82) is 0 Å². The van der Waals surface area contributed by atoms with Gasteiger partial charge in [-0.25, -0.2) is 4.79 Å². The quantitative estimate of drug-likeness (QED) is 0.864. The molecule has 2 N–H and O–H groups in total. The summed E-state index contributed by atoms with van der Waals surface area (Å²) in [5, 5.41) is 6.30. The lowest BCUT2D eigenvalue weighted by Gasteiger charge is -2.25. The third kappa shape index (κ3) is 4.47. The molecule has 0 aromatic heterocycles. The molecule has 22 heavy (non-hydrogen) atoms. The topological polar surface area (TPSA) is 50.4 Å². The van der Waals surface area contributed by atoms with Gasteiger partial charge in [0.25, 0.3) is 0 Å². The molecule has 0 aliphatic carbocycles. The summed E-state index contributed by atoms with van der Waals surface area (Å²) < 4.78 is 5.36. The number of amides is 1. The Bertz CT molecular complexity index is 541. The number of piperidine rings is 1. The van der Waals surface area contributed by atoms with E-state index in [9.17, 15) is 4.79 Å². The van der Waals surface area contributed by atoms with Gasteiger partial charge in [0.15, 0.2) is 0 Å². The van der Waals surface area contributed by atoms with E-state index in [2.05, 4.69) is 29.7 Å². The Balaban J connectivity index is 2.19. The van der Waals surface area contributed by atoms with Gasteiger partial charge in [-0.2, -0.15) is 0 Å². The Morgan fingerprint density at radius 3 is 2.45 bits per heavy atom. The second-order valence-electron chi connectivity index (χ2n) is 7.16. The van der Waals surface area contributed by atoms with Crippen molar-refractivity contribution in [3.8, 4) is 0 Å². The SMILES string of the molecule is Cc1cc(C2CCNCC2)cc(NC(=O)OC(C)(C)C)c1C. The number of carbonyl (C=O) groups is 1. The Morgan fingerprint density at radius 1 is 1.23 bits per heavy atom. The number of benzene rings is 1. The molecular weight excluding hydrogens is 276 g/mol. The molecule has 0 bridgehead atoms. The van der Waals surface area contributed by atoms with Crippen LogP contribution in [-0.4, -0.2) is 24.8 Å². The Labute approximate surface area is 133 Å². The molecule has 1 saturated heterocycles. The highest BCUT2D eigenvalue weighted by atomic mass is 16.6. The average Bonchev–Trinajstić information content (AvgIpc) is 2.42. The van der Waals surface area contributed by atoms with E-state index in [1.165, 1.54) is 11.1 Å². The zero-order valence-electron chi connectivity index (χ0n) is 14.4. The number of nitrogens with one attached hydrogen (secondary N) is 2. The predicted molar refractivity (Wildman–Crippen MR) is 90.6 cm³/mol. The van der Waals surface area contributed by atoms with Crippen molar-refractivity contribution in [2.75, 3.05) is 18.4 Å². The smallest absolute Gasteiger partial charge is 0.412 e. The molecule has 0 saturated carbocycles. The van der Waals surface area contributed by atoms with Crippen LogP contribution < -0.4 is 10.6 Å². The summed E-state index contributed by atoms with van der Waals surface area (Å²) in [5.41, 5.74) is 4.00. The monoisotopic (exact) mass is 304 g/mol. The van der Waals surface area contributed by atoms with E-state index >= 15 is 0 Å². The molecule has 0 unspecified atom stereocenters. The summed E-state index contributed by atoms with van der Waals surface area (Å²) in [5.74, 6) is 0.569. The summed E-state index contributed by atoms with van der Waals surface area (Å²) >= 11 is 0. The lowest BCUT2D eigenvalue weighted by Crippen LogP contribution is -2.28. The number of carbonyl (C=O) groups excluding carboxylic acids is 1. The molecule has 0 radical (unpaired) electrons. The van der Waals surface area contributed by atoms with Crippen LogP contribution in [0.15, 0.2) is 12.1 Å². The van der Waals surface area contributed by atoms with Crippen LogP contribution in [0.25, 0.3) is 0 Å². The first-order valence-electron chi connectivity index (χ1n) is 8.08. The van der Waals surface area contributed by atoms with Crippen molar-refractivity contribution in [2.24, 2.45) is 0 Å². The standard InChI is InChI=1S/C18H28N2O2/c1-12-10-15(14-6-8-19-9-7-14)11-16(13(12)2)20-17(21)22-18(3,4)5/h10-11,14,19H,6-9H2,1-5H3,(H,20,21). The number of rotatable bonds is 2. The van der Waals surface area contributed by atoms with Crippen molar-refractivity contribution >= 4 is 11.8 Å². The minimum atomic E-state index is -0.486. The maximum Gasteiger partial charge on any atom is 0.412 e. The van der Waals surface area contributed by atoms with Crippen LogP contribution in [0.3, 0.4) is 0 Å². The third-order valence-corrected chi connectivity index (χ3v) is 4.14. The van der Waals surface area contributed by atoms with Crippen LogP contribution in [0.1, 0.15) is 56.2 Å². The highest BCUT2D eigenvalue weighted by molar-refractivity contribution is 5.86. The molecule has 2 rings (SSSR count). The normalized spacial score (nSPS) is 16.4. The molecule has 1 aliphatic heterocycles. The van der Waals surface area contributed by atoms with E-state index in [1.54, 1.807) is 0 Å². The Morgan fingerprint density at radius 2 is 1.86 bits per heavy atom. The zero-order valence-corrected chi connectivity index (χ0v) is 14.4. The van der Waals surface area contributed by atoms with Crippen molar-refractivity contribution in [2.45, 2.75) is 59.0 Å². The highest BCUT2D eigenvalue weighted by Crippen LogP contribution is 2.31. The molecule has 0 spiro atoms. The van der Waals surface area contributed by atoms with Gasteiger partial charge in [0.05, 0.1) is 0 Å². The fraction of sp³-hybridized carbons (Fsp3) is 0.611. The number of ether oxygens (including phenoxy) is 1. The molecule has 1 fully saturated rings. The van der Waals surface area contributed by atoms with Gasteiger partial charge in [-0.1, -0.05) is 6.07 Å². The molecule has 1 amide bonds. The fourth-order valence-electron chi connectivity index (χ4n) is 2.82. The van der Waals surface area contributed by atoms with E-state index in [0.717, 1.165) is 37.2 Å². The lowest BCUT2D eigenvalue weighted by atomic mass is 9.88. The van der Waals surface area contributed by atoms with Gasteiger partial charge in [0, 0.05) is 5.69 Å². The molecule has 1 aliphatic rings. The lowest BCUT2D eigenvalue weighted by molar-refractivity contribution is 0.0636. The van der Waals surface area contributed by atoms with E-state index in [1.807, 2.05) is 27.7 Å². The van der Waals surface area contributed by atoms with E-state index < -0.39 is 11.7 Å². The number of aryl methyl sites for hydroxylation is 1. The average molecular weight is 304 g/mol. The Kier molecular flexibility index (Phi) is 5.12. The first-order chi connectivity index (χ1) is 10.3. The van der Waals surface area contributed by atoms with Gasteiger partial charge >= 0.3 is 6.09 Å². The van der Waals surface area contributed by atoms with E-state index in [4.69, 9.17) is 4.74 Å². The number of hydrogen-bond donors (Lipinski definition) is 2. The first-order valence-corrected chi connectivity index (χ1v) is 8.08. The Hall–Kier alpha value is -1.55. The van der Waals surface area contributed by atoms with Crippen molar-refractivity contribution in [3.05, 3.63) is 28.8 Å². The molecule has 1 aromatic carbocycles. The summed E-state index contributed by atoms with van der Waals surface area (Å²) in [6, 6.07) is 4.37. The summed E-state index contributed by atoms with van der Waals surface area (Å²) in [6.07, 6.45) is 1.90. The van der Waals surface area contributed by atoms with Crippen LogP contribution in [0.5, 0.6) is 0 Å². The van der Waals surface area contributed by atoms with Crippen molar-refractivity contribution in [3.63, 3.8) is 0 Å². The second kappa shape index (κ2) is 6.69. The van der Waals surface area contributed by atoms with Crippen LogP contribution in [0.4, 0.5) is 10.5 Å². The van der Waals surface area contributed by atoms with E-state index in [-0.39, 0.29) is 0 Å². The second-order valence-corrected chi connectivity index (χ2v) is 7.16. The van der Waals surface area contributed by atoms with Crippen LogP contribution in [0.2, 0.25) is 0 Å². The summed E-state index contributed by atoms with van der Waals surface area (Å²) in [6.45, 7) is 11.9. The summed E-state index contributed by atoms with van der Waals surface area (Å²) in [7, 11) is 0. The number of anilines is 1. The maximum atomic E-state index is 12.0. The van der Waals surface area contributed by atoms with Crippen LogP contribution in [-0.2, 0) is 4.74 Å². The van der Waals surface area contributed by atoms with Gasteiger partial charge in [0.2, 0.25) is 0 Å². The molecule has 1 heterocycles. The van der Waals surface area contributed by atoms with Crippen LogP contribution >= 0.6 is 0 Å². The number of hydrogen-bond acceptors (Lipinski definition) is 3. The van der Waals surface area contributed by atoms with Gasteiger partial charge in [-0.05, 0) is 89.2 Å². The molecule has 0 atom stereocenters. The molecule has 122 valence electrons. The minimum Gasteiger partial charge on any atom is -0.444 e. The van der Waals surface area contributed by atoms with Gasteiger partial charge in [-0.3, -0.25) is 5.32 Å². The van der Waals surface area contributed by atoms with Crippen molar-refractivity contribution < 1.29 is 9.53 Å². The molecule has 1 aromatic rings. The highest BCUT2D eigenvalue weighted by Gasteiger charge is 2.20. The third-order valence-electron chi connectivity index (χ3n) is 4.14. The van der Waals surface area contributed by atoms with Crippen molar-refractivity contribution in [1.82, 2.24) is 5.32 Å². The largest absolute Gasteiger partial charge is 0.444 e. The van der Waals surface area contributed by atoms with Gasteiger partial charge < -0.3 is 10.1 Å². The molecule has 4 nitrogen and oxygen atoms in total. The predicted octanol–water partition coefficient (Wildman–Crippen LogP) is 4.12. The summed E-state index contributed by atoms with van der Waals surface area (Å²) in [4.78, 5) is 12.0. The maximum absolute atomic E-state index is 12.0. The fourth-order valence-corrected chi connectivity index (χ4v) is 2.82. The van der Waals surface area contributed by atoms with E-state index in [0.29, 0.717) is 5.92 Å². The minimum absolute atomic E-state index is 0.391. The molecule has 4 heteroatoms. The van der Waals surface area contributed by atoms with Gasteiger partial charge in [0.1, 0.15) is 5.60 Å². The molecular formula is C18H28N2O2. The first kappa shape index (κ1) is 16.8.